The summed E-state index contributed by atoms with van der Waals surface area (Å²) in [6.07, 6.45) is 3.53. The quantitative estimate of drug-likeness (QED) is 0.642. The number of hydrogen-bond acceptors (Lipinski definition) is 3. The van der Waals surface area contributed by atoms with Gasteiger partial charge in [-0.05, 0) is 33.2 Å². The molecule has 1 fully saturated rings. The van der Waals surface area contributed by atoms with Gasteiger partial charge in [0.05, 0.1) is 6.54 Å². The highest BCUT2D eigenvalue weighted by Crippen LogP contribution is 2.24. The molecule has 0 bridgehead atoms. The average molecular weight is 241 g/mol. The molecular weight excluding hydrogens is 214 g/mol. The molecule has 0 aromatic heterocycles. The fourth-order valence-electron chi connectivity index (χ4n) is 1.77. The van der Waals surface area contributed by atoms with Gasteiger partial charge < -0.3 is 15.1 Å². The summed E-state index contributed by atoms with van der Waals surface area (Å²) in [5, 5.41) is 3.23. The second-order valence-electron chi connectivity index (χ2n) is 5.15. The van der Waals surface area contributed by atoms with Crippen LogP contribution in [-0.4, -0.2) is 61.5 Å². The van der Waals surface area contributed by atoms with Gasteiger partial charge in [0.25, 0.3) is 0 Å². The van der Waals surface area contributed by atoms with Crippen molar-refractivity contribution in [2.45, 2.75) is 45.2 Å². The normalized spacial score (nSPS) is 17.2. The van der Waals surface area contributed by atoms with Gasteiger partial charge in [0, 0.05) is 32.2 Å². The maximum absolute atomic E-state index is 11.7. The molecule has 1 unspecified atom stereocenters. The number of nitrogens with one attached hydrogen (secondary N) is 1. The Morgan fingerprint density at radius 2 is 2.06 bits per heavy atom. The van der Waals surface area contributed by atoms with Crippen molar-refractivity contribution in [2.75, 3.05) is 33.7 Å². The zero-order valence-corrected chi connectivity index (χ0v) is 11.7. The molecule has 1 saturated carbocycles. The van der Waals surface area contributed by atoms with E-state index < -0.39 is 0 Å². The lowest BCUT2D eigenvalue weighted by Gasteiger charge is -2.23. The summed E-state index contributed by atoms with van der Waals surface area (Å²) in [5.74, 6) is 0.221. The molecule has 0 spiro atoms. The van der Waals surface area contributed by atoms with Gasteiger partial charge in [-0.25, -0.2) is 0 Å². The summed E-state index contributed by atoms with van der Waals surface area (Å²) in [6, 6.07) is 1.13. The van der Waals surface area contributed by atoms with Crippen molar-refractivity contribution >= 4 is 5.91 Å². The maximum atomic E-state index is 11.7. The molecule has 17 heavy (non-hydrogen) atoms. The molecule has 1 aliphatic carbocycles. The second-order valence-corrected chi connectivity index (χ2v) is 5.15. The standard InChI is InChI=1S/C13H27N3O/c1-5-11(2)15(3)9-8-14-10-13(17)16(4)12-6-7-12/h11-12,14H,5-10H2,1-4H3. The number of likely N-dealkylation sites (N-methyl/N-ethyl adjacent to an activating group) is 2. The van der Waals surface area contributed by atoms with Gasteiger partial charge >= 0.3 is 0 Å². The predicted octanol–water partition coefficient (Wildman–Crippen LogP) is 0.927. The third kappa shape index (κ3) is 5.04. The molecule has 0 radical (unpaired) electrons. The van der Waals surface area contributed by atoms with Gasteiger partial charge in [-0.15, -0.1) is 0 Å². The van der Waals surface area contributed by atoms with E-state index in [4.69, 9.17) is 0 Å². The lowest BCUT2D eigenvalue weighted by molar-refractivity contribution is -0.129. The molecular formula is C13H27N3O. The molecule has 1 N–H and O–H groups in total. The second kappa shape index (κ2) is 6.97. The largest absolute Gasteiger partial charge is 0.342 e. The third-order valence-corrected chi connectivity index (χ3v) is 3.75. The Kier molecular flexibility index (Phi) is 5.92. The van der Waals surface area contributed by atoms with E-state index in [1.165, 1.54) is 19.3 Å². The highest BCUT2D eigenvalue weighted by Gasteiger charge is 2.28. The van der Waals surface area contributed by atoms with Crippen LogP contribution in [0.4, 0.5) is 0 Å². The average Bonchev–Trinajstić information content (AvgIpc) is 3.15. The van der Waals surface area contributed by atoms with Crippen LogP contribution >= 0.6 is 0 Å². The topological polar surface area (TPSA) is 35.6 Å². The fraction of sp³-hybridized carbons (Fsp3) is 0.923. The van der Waals surface area contributed by atoms with E-state index in [0.29, 0.717) is 18.6 Å². The number of amides is 1. The van der Waals surface area contributed by atoms with Crippen LogP contribution in [0.1, 0.15) is 33.1 Å². The van der Waals surface area contributed by atoms with E-state index in [-0.39, 0.29) is 5.91 Å². The molecule has 100 valence electrons. The molecule has 4 heteroatoms. The Morgan fingerprint density at radius 3 is 2.59 bits per heavy atom. The zero-order chi connectivity index (χ0) is 12.8. The van der Waals surface area contributed by atoms with Crippen LogP contribution in [0.25, 0.3) is 0 Å². The summed E-state index contributed by atoms with van der Waals surface area (Å²) in [6.45, 7) is 6.77. The SMILES string of the molecule is CCC(C)N(C)CCNCC(=O)N(C)C1CC1. The number of carbonyl (C=O) groups is 1. The Labute approximate surface area is 105 Å². The summed E-state index contributed by atoms with van der Waals surface area (Å²) in [4.78, 5) is 15.9. The first-order valence-electron chi connectivity index (χ1n) is 6.72. The first-order valence-corrected chi connectivity index (χ1v) is 6.72. The van der Waals surface area contributed by atoms with Gasteiger partial charge in [-0.2, -0.15) is 0 Å². The number of carbonyl (C=O) groups excluding carboxylic acids is 1. The van der Waals surface area contributed by atoms with Gasteiger partial charge in [-0.3, -0.25) is 4.79 Å². The summed E-state index contributed by atoms with van der Waals surface area (Å²) >= 11 is 0. The van der Waals surface area contributed by atoms with E-state index in [9.17, 15) is 4.79 Å². The minimum atomic E-state index is 0.221. The minimum Gasteiger partial charge on any atom is -0.342 e. The molecule has 1 amide bonds. The Balaban J connectivity index is 2.05. The molecule has 4 nitrogen and oxygen atoms in total. The van der Waals surface area contributed by atoms with Crippen molar-refractivity contribution < 1.29 is 4.79 Å². The molecule has 1 atom stereocenters. The Morgan fingerprint density at radius 1 is 1.41 bits per heavy atom. The van der Waals surface area contributed by atoms with E-state index in [0.717, 1.165) is 13.1 Å². The Bertz CT molecular complexity index is 241. The Hall–Kier alpha value is -0.610. The minimum absolute atomic E-state index is 0.221. The smallest absolute Gasteiger partial charge is 0.236 e. The molecule has 1 rings (SSSR count). The van der Waals surface area contributed by atoms with Crippen LogP contribution in [0.2, 0.25) is 0 Å². The van der Waals surface area contributed by atoms with Gasteiger partial charge in [-0.1, -0.05) is 6.92 Å². The van der Waals surface area contributed by atoms with Crippen LogP contribution in [0.5, 0.6) is 0 Å². The summed E-state index contributed by atoms with van der Waals surface area (Å²) in [5.41, 5.74) is 0. The van der Waals surface area contributed by atoms with E-state index in [2.05, 4.69) is 31.1 Å². The number of nitrogens with zero attached hydrogens (tertiary/aromatic N) is 2. The molecule has 0 aromatic rings. The molecule has 1 aliphatic rings. The van der Waals surface area contributed by atoms with Crippen molar-refractivity contribution in [3.8, 4) is 0 Å². The first kappa shape index (κ1) is 14.5. The number of hydrogen-bond donors (Lipinski definition) is 1. The van der Waals surface area contributed by atoms with Crippen molar-refractivity contribution in [1.29, 1.82) is 0 Å². The molecule has 0 aromatic carbocycles. The van der Waals surface area contributed by atoms with E-state index in [1.807, 2.05) is 11.9 Å². The molecule has 0 saturated heterocycles. The first-order chi connectivity index (χ1) is 8.06. The zero-order valence-electron chi connectivity index (χ0n) is 11.7. The van der Waals surface area contributed by atoms with Crippen molar-refractivity contribution in [1.82, 2.24) is 15.1 Å². The van der Waals surface area contributed by atoms with Gasteiger partial charge in [0.15, 0.2) is 0 Å². The van der Waals surface area contributed by atoms with Crippen molar-refractivity contribution in [3.05, 3.63) is 0 Å². The lowest BCUT2D eigenvalue weighted by Crippen LogP contribution is -2.40. The lowest BCUT2D eigenvalue weighted by atomic mass is 10.2. The predicted molar refractivity (Wildman–Crippen MR) is 71.0 cm³/mol. The van der Waals surface area contributed by atoms with E-state index >= 15 is 0 Å². The highest BCUT2D eigenvalue weighted by atomic mass is 16.2. The van der Waals surface area contributed by atoms with Gasteiger partial charge in [0.1, 0.15) is 0 Å². The van der Waals surface area contributed by atoms with Gasteiger partial charge in [0.2, 0.25) is 5.91 Å². The number of rotatable bonds is 8. The van der Waals surface area contributed by atoms with Crippen molar-refractivity contribution in [3.63, 3.8) is 0 Å². The summed E-state index contributed by atoms with van der Waals surface area (Å²) < 4.78 is 0. The van der Waals surface area contributed by atoms with Crippen molar-refractivity contribution in [2.24, 2.45) is 0 Å². The van der Waals surface area contributed by atoms with Crippen LogP contribution in [-0.2, 0) is 4.79 Å². The molecule has 0 aliphatic heterocycles. The fourth-order valence-corrected chi connectivity index (χ4v) is 1.77. The van der Waals surface area contributed by atoms with Crippen LogP contribution in [0.3, 0.4) is 0 Å². The van der Waals surface area contributed by atoms with Crippen LogP contribution in [0, 0.1) is 0 Å². The summed E-state index contributed by atoms with van der Waals surface area (Å²) in [7, 11) is 4.04. The third-order valence-electron chi connectivity index (χ3n) is 3.75. The molecule has 0 heterocycles. The highest BCUT2D eigenvalue weighted by molar-refractivity contribution is 5.78. The van der Waals surface area contributed by atoms with Crippen LogP contribution < -0.4 is 5.32 Å². The maximum Gasteiger partial charge on any atom is 0.236 e. The monoisotopic (exact) mass is 241 g/mol. The van der Waals surface area contributed by atoms with Crippen LogP contribution in [0.15, 0.2) is 0 Å². The van der Waals surface area contributed by atoms with E-state index in [1.54, 1.807) is 0 Å².